The third-order valence-electron chi connectivity index (χ3n) is 5.00. The van der Waals surface area contributed by atoms with Crippen LogP contribution in [0.5, 0.6) is 5.75 Å². The van der Waals surface area contributed by atoms with Gasteiger partial charge in [0, 0.05) is 36.2 Å². The molecule has 7 nitrogen and oxygen atoms in total. The number of carbonyl (C=O) groups excluding carboxylic acids is 1. The molecule has 1 N–H and O–H groups in total. The second kappa shape index (κ2) is 11.6. The van der Waals surface area contributed by atoms with Gasteiger partial charge in [-0.2, -0.15) is 8.42 Å². The minimum Gasteiger partial charge on any atom is -0.496 e. The first-order chi connectivity index (χ1) is 16.6. The van der Waals surface area contributed by atoms with E-state index in [-0.39, 0.29) is 17.3 Å². The van der Waals surface area contributed by atoms with Crippen LogP contribution in [0.3, 0.4) is 0 Å². The molecular formula is C25H25Cl2N3O4S. The minimum absolute atomic E-state index is 0.0678. The molecule has 0 aliphatic carbocycles. The van der Waals surface area contributed by atoms with Crippen molar-refractivity contribution in [3.63, 3.8) is 0 Å². The molecule has 0 aliphatic rings. The lowest BCUT2D eigenvalue weighted by atomic mass is 10.0. The van der Waals surface area contributed by atoms with E-state index in [0.29, 0.717) is 38.9 Å². The second-order valence-electron chi connectivity index (χ2n) is 7.85. The van der Waals surface area contributed by atoms with Crippen LogP contribution in [0, 0.1) is 0 Å². The van der Waals surface area contributed by atoms with Crippen LogP contribution in [0.4, 0.5) is 0 Å². The lowest BCUT2D eigenvalue weighted by Gasteiger charge is -2.13. The summed E-state index contributed by atoms with van der Waals surface area (Å²) < 4.78 is 35.2. The van der Waals surface area contributed by atoms with Gasteiger partial charge in [-0.25, -0.2) is 0 Å². The van der Waals surface area contributed by atoms with Gasteiger partial charge in [-0.1, -0.05) is 47.5 Å². The zero-order chi connectivity index (χ0) is 25.6. The Hall–Kier alpha value is -3.07. The quantitative estimate of drug-likeness (QED) is 0.311. The third kappa shape index (κ3) is 6.97. The molecule has 0 unspecified atom stereocenters. The molecule has 184 valence electrons. The van der Waals surface area contributed by atoms with Gasteiger partial charge in [0.25, 0.3) is 15.9 Å². The van der Waals surface area contributed by atoms with E-state index in [0.717, 1.165) is 5.56 Å². The summed E-state index contributed by atoms with van der Waals surface area (Å²) in [6, 6.07) is 16.8. The number of amides is 1. The Bertz CT molecular complexity index is 1340. The maximum absolute atomic E-state index is 13.1. The van der Waals surface area contributed by atoms with Gasteiger partial charge < -0.3 is 15.0 Å². The number of ether oxygens (including phenoxy) is 1. The number of sulfonamides is 1. The monoisotopic (exact) mass is 533 g/mol. The fourth-order valence-electron chi connectivity index (χ4n) is 3.29. The molecular weight excluding hydrogens is 509 g/mol. The Balaban J connectivity index is 1.86. The van der Waals surface area contributed by atoms with E-state index >= 15 is 0 Å². The van der Waals surface area contributed by atoms with Crippen LogP contribution >= 0.6 is 23.2 Å². The lowest BCUT2D eigenvalue weighted by Crippen LogP contribution is -2.26. The third-order valence-corrected chi connectivity index (χ3v) is 6.75. The Morgan fingerprint density at radius 1 is 1.03 bits per heavy atom. The van der Waals surface area contributed by atoms with Crippen LogP contribution < -0.4 is 10.1 Å². The van der Waals surface area contributed by atoms with E-state index in [9.17, 15) is 13.2 Å². The summed E-state index contributed by atoms with van der Waals surface area (Å²) in [5.74, 6) is 0.0666. The Labute approximate surface area is 215 Å². The summed E-state index contributed by atoms with van der Waals surface area (Å²) in [7, 11) is 0.862. The van der Waals surface area contributed by atoms with Gasteiger partial charge in [-0.3, -0.25) is 4.79 Å². The molecule has 0 bridgehead atoms. The van der Waals surface area contributed by atoms with Crippen LogP contribution in [-0.2, 0) is 16.4 Å². The van der Waals surface area contributed by atoms with Crippen molar-refractivity contribution in [1.29, 1.82) is 0 Å². The molecule has 0 spiro atoms. The lowest BCUT2D eigenvalue weighted by molar-refractivity contribution is 0.0951. The van der Waals surface area contributed by atoms with E-state index in [4.69, 9.17) is 27.9 Å². The number of nitrogens with zero attached hydrogens (tertiary/aromatic N) is 2. The smallest absolute Gasteiger partial charge is 0.284 e. The topological polar surface area (TPSA) is 88.1 Å². The van der Waals surface area contributed by atoms with Gasteiger partial charge in [-0.05, 0) is 53.9 Å². The number of carbonyl (C=O) groups is 1. The van der Waals surface area contributed by atoms with Crippen molar-refractivity contribution in [2.45, 2.75) is 11.3 Å². The predicted octanol–water partition coefficient (Wildman–Crippen LogP) is 4.92. The highest BCUT2D eigenvalue weighted by atomic mass is 35.5. The van der Waals surface area contributed by atoms with Crippen LogP contribution in [0.2, 0.25) is 10.0 Å². The molecule has 3 rings (SSSR count). The number of nitrogens with one attached hydrogen (secondary N) is 1. The first-order valence-electron chi connectivity index (χ1n) is 10.6. The van der Waals surface area contributed by atoms with Crippen molar-refractivity contribution in [3.05, 3.63) is 81.8 Å². The van der Waals surface area contributed by atoms with E-state index in [2.05, 4.69) is 9.71 Å². The van der Waals surface area contributed by atoms with E-state index in [1.807, 2.05) is 6.07 Å². The van der Waals surface area contributed by atoms with Gasteiger partial charge in [-0.15, -0.1) is 4.40 Å². The molecule has 0 saturated heterocycles. The number of hydrogen-bond donors (Lipinski definition) is 1. The molecule has 10 heteroatoms. The summed E-state index contributed by atoms with van der Waals surface area (Å²) in [5, 5.41) is 3.79. The maximum Gasteiger partial charge on any atom is 0.284 e. The number of rotatable bonds is 9. The van der Waals surface area contributed by atoms with Crippen molar-refractivity contribution in [2.24, 2.45) is 4.40 Å². The largest absolute Gasteiger partial charge is 0.496 e. The van der Waals surface area contributed by atoms with Gasteiger partial charge in [0.15, 0.2) is 0 Å². The number of halogens is 2. The molecule has 1 amide bonds. The van der Waals surface area contributed by atoms with Crippen molar-refractivity contribution in [2.75, 3.05) is 27.7 Å². The second-order valence-corrected chi connectivity index (χ2v) is 10.3. The van der Waals surface area contributed by atoms with E-state index < -0.39 is 10.0 Å². The Kier molecular flexibility index (Phi) is 8.77. The fourth-order valence-corrected chi connectivity index (χ4v) is 4.78. The van der Waals surface area contributed by atoms with Crippen LogP contribution in [0.15, 0.2) is 70.0 Å². The predicted molar refractivity (Wildman–Crippen MR) is 140 cm³/mol. The highest BCUT2D eigenvalue weighted by Gasteiger charge is 2.20. The van der Waals surface area contributed by atoms with Crippen molar-refractivity contribution < 1.29 is 17.9 Å². The summed E-state index contributed by atoms with van der Waals surface area (Å²) >= 11 is 12.0. The summed E-state index contributed by atoms with van der Waals surface area (Å²) in [5.41, 5.74) is 2.24. The average Bonchev–Trinajstić information content (AvgIpc) is 2.83. The summed E-state index contributed by atoms with van der Waals surface area (Å²) in [4.78, 5) is 14.2. The first kappa shape index (κ1) is 26.5. The Morgan fingerprint density at radius 3 is 2.37 bits per heavy atom. The van der Waals surface area contributed by atoms with Gasteiger partial charge in [0.1, 0.15) is 12.1 Å². The Morgan fingerprint density at radius 2 is 1.71 bits per heavy atom. The molecule has 0 heterocycles. The van der Waals surface area contributed by atoms with Crippen LogP contribution in [0.25, 0.3) is 11.1 Å². The highest BCUT2D eigenvalue weighted by molar-refractivity contribution is 7.90. The standard InChI is InChI=1S/C25H25Cl2N3O4S/c1-30(2)16-29-35(32,33)24-14-17(4-10-21(24)18-5-7-19(26)8-6-18)12-13-28-25(31)22-15-20(27)9-11-23(22)34-3/h4-11,14-16H,12-13H2,1-3H3,(H,28,31)/b29-16-. The number of methoxy groups -OCH3 is 1. The molecule has 0 atom stereocenters. The number of benzene rings is 3. The molecule has 0 radical (unpaired) electrons. The molecule has 0 fully saturated rings. The van der Waals surface area contributed by atoms with Crippen molar-refractivity contribution in [3.8, 4) is 16.9 Å². The number of hydrogen-bond acceptors (Lipinski definition) is 4. The van der Waals surface area contributed by atoms with Crippen molar-refractivity contribution >= 4 is 45.5 Å². The zero-order valence-electron chi connectivity index (χ0n) is 19.5. The molecule has 35 heavy (non-hydrogen) atoms. The normalized spacial score (nSPS) is 11.5. The molecule has 3 aromatic carbocycles. The van der Waals surface area contributed by atoms with Gasteiger partial charge in [0.2, 0.25) is 0 Å². The molecule has 0 saturated carbocycles. The minimum atomic E-state index is -3.99. The van der Waals surface area contributed by atoms with Crippen LogP contribution in [0.1, 0.15) is 15.9 Å². The summed E-state index contributed by atoms with van der Waals surface area (Å²) in [6.45, 7) is 0.273. The zero-order valence-corrected chi connectivity index (χ0v) is 21.8. The molecule has 3 aromatic rings. The average molecular weight is 534 g/mol. The van der Waals surface area contributed by atoms with Gasteiger partial charge >= 0.3 is 0 Å². The first-order valence-corrected chi connectivity index (χ1v) is 12.8. The fraction of sp³-hybridized carbons (Fsp3) is 0.200. The SMILES string of the molecule is COc1ccc(Cl)cc1C(=O)NCCc1ccc(-c2ccc(Cl)cc2)c(S(=O)(=O)/N=C\N(C)C)c1. The van der Waals surface area contributed by atoms with Gasteiger partial charge in [0.05, 0.1) is 17.6 Å². The highest BCUT2D eigenvalue weighted by Crippen LogP contribution is 2.31. The maximum atomic E-state index is 13.1. The van der Waals surface area contributed by atoms with E-state index in [1.165, 1.54) is 19.5 Å². The van der Waals surface area contributed by atoms with Crippen LogP contribution in [-0.4, -0.2) is 53.3 Å². The molecule has 0 aromatic heterocycles. The van der Waals surface area contributed by atoms with Crippen molar-refractivity contribution in [1.82, 2.24) is 10.2 Å². The summed E-state index contributed by atoms with van der Waals surface area (Å²) in [6.07, 6.45) is 1.64. The van der Waals surface area contributed by atoms with E-state index in [1.54, 1.807) is 67.5 Å². The molecule has 0 aliphatic heterocycles.